The lowest BCUT2D eigenvalue weighted by molar-refractivity contribution is -0.348. The Balaban J connectivity index is 2.18. The molecule has 6 nitrogen and oxygen atoms in total. The Labute approximate surface area is 152 Å². The van der Waals surface area contributed by atoms with Crippen LogP contribution in [-0.4, -0.2) is 25.3 Å². The summed E-state index contributed by atoms with van der Waals surface area (Å²) in [4.78, 5) is 12.8. The molecule has 3 rings (SSSR count). The molecule has 0 fully saturated rings. The minimum Gasteiger partial charge on any atom is -0.456 e. The maximum absolute atomic E-state index is 12.8. The highest BCUT2D eigenvalue weighted by Gasteiger charge is 2.43. The molecule has 0 saturated carbocycles. The van der Waals surface area contributed by atoms with Crippen LogP contribution in [0.2, 0.25) is 0 Å². The first kappa shape index (κ1) is 18.4. The number of esters is 1. The molecule has 1 aliphatic rings. The molecule has 2 aromatic rings. The van der Waals surface area contributed by atoms with Gasteiger partial charge in [0.15, 0.2) is 0 Å². The largest absolute Gasteiger partial charge is 0.456 e. The van der Waals surface area contributed by atoms with Gasteiger partial charge in [0.25, 0.3) is 0 Å². The fraction of sp³-hybridized carbons (Fsp3) is 0.350. The third-order valence-electron chi connectivity index (χ3n) is 4.44. The van der Waals surface area contributed by atoms with Crippen LogP contribution in [0.4, 0.5) is 0 Å². The van der Waals surface area contributed by atoms with E-state index in [1.165, 1.54) is 14.2 Å². The number of methoxy groups -OCH3 is 2. The number of hydrogen-bond donors (Lipinski definition) is 1. The fourth-order valence-corrected chi connectivity index (χ4v) is 2.95. The molecule has 0 bridgehead atoms. The number of benzene rings is 2. The molecule has 0 radical (unpaired) electrons. The molecule has 0 amide bonds. The molecule has 1 atom stereocenters. The van der Waals surface area contributed by atoms with E-state index in [9.17, 15) is 9.90 Å². The number of cyclic esters (lactones) is 1. The van der Waals surface area contributed by atoms with Crippen molar-refractivity contribution in [2.75, 3.05) is 14.2 Å². The van der Waals surface area contributed by atoms with Crippen molar-refractivity contribution in [3.63, 3.8) is 0 Å². The number of fused-ring (bicyclic) bond motifs is 2. The van der Waals surface area contributed by atoms with Crippen LogP contribution < -0.4 is 4.74 Å². The van der Waals surface area contributed by atoms with E-state index in [0.29, 0.717) is 29.0 Å². The summed E-state index contributed by atoms with van der Waals surface area (Å²) in [5, 5.41) is 10.1. The second-order valence-corrected chi connectivity index (χ2v) is 6.14. The van der Waals surface area contributed by atoms with Gasteiger partial charge in [-0.05, 0) is 43.2 Å². The predicted octanol–water partition coefficient (Wildman–Crippen LogP) is 3.80. The lowest BCUT2D eigenvalue weighted by atomic mass is 10.0. The number of aliphatic hydroxyl groups excluding tert-OH is 1. The van der Waals surface area contributed by atoms with Crippen molar-refractivity contribution >= 4 is 5.97 Å². The summed E-state index contributed by atoms with van der Waals surface area (Å²) in [5.74, 6) is -1.60. The van der Waals surface area contributed by atoms with Crippen molar-refractivity contribution in [3.05, 3.63) is 58.7 Å². The zero-order chi connectivity index (χ0) is 18.9. The van der Waals surface area contributed by atoms with Crippen LogP contribution in [0.15, 0.2) is 36.4 Å². The molecule has 0 saturated heterocycles. The maximum atomic E-state index is 12.8. The summed E-state index contributed by atoms with van der Waals surface area (Å²) < 4.78 is 22.5. The van der Waals surface area contributed by atoms with Crippen molar-refractivity contribution in [1.29, 1.82) is 0 Å². The highest BCUT2D eigenvalue weighted by Crippen LogP contribution is 2.42. The van der Waals surface area contributed by atoms with E-state index < -0.39 is 18.0 Å². The zero-order valence-corrected chi connectivity index (χ0v) is 15.2. The molecule has 6 heteroatoms. The van der Waals surface area contributed by atoms with Crippen LogP contribution in [0.3, 0.4) is 0 Å². The Hall–Kier alpha value is -2.41. The lowest BCUT2D eigenvalue weighted by Gasteiger charge is -2.33. The predicted molar refractivity (Wildman–Crippen MR) is 94.1 cm³/mol. The van der Waals surface area contributed by atoms with Crippen LogP contribution in [0.5, 0.6) is 11.5 Å². The number of carbonyl (C=O) groups is 1. The van der Waals surface area contributed by atoms with E-state index in [0.717, 1.165) is 5.56 Å². The first-order valence-corrected chi connectivity index (χ1v) is 8.38. The highest BCUT2D eigenvalue weighted by molar-refractivity contribution is 5.93. The summed E-state index contributed by atoms with van der Waals surface area (Å²) in [6.45, 7) is 3.76. The third kappa shape index (κ3) is 3.07. The zero-order valence-electron chi connectivity index (χ0n) is 15.2. The molecule has 1 N–H and O–H groups in total. The minimum absolute atomic E-state index is 0.194. The van der Waals surface area contributed by atoms with E-state index >= 15 is 0 Å². The summed E-state index contributed by atoms with van der Waals surface area (Å²) in [5.41, 5.74) is 2.19. The van der Waals surface area contributed by atoms with Crippen molar-refractivity contribution in [1.82, 2.24) is 0 Å². The quantitative estimate of drug-likeness (QED) is 0.662. The van der Waals surface area contributed by atoms with Crippen molar-refractivity contribution in [2.24, 2.45) is 0 Å². The molecule has 0 aromatic heterocycles. The second-order valence-electron chi connectivity index (χ2n) is 6.14. The average Bonchev–Trinajstić information content (AvgIpc) is 2.66. The first-order chi connectivity index (χ1) is 12.4. The van der Waals surface area contributed by atoms with Gasteiger partial charge in [-0.15, -0.1) is 0 Å². The molecule has 1 heterocycles. The molecule has 0 spiro atoms. The van der Waals surface area contributed by atoms with Gasteiger partial charge in [0, 0.05) is 14.2 Å². The summed E-state index contributed by atoms with van der Waals surface area (Å²) in [6.07, 6.45) is -0.153. The SMILES string of the molecule is CCC(O)c1ccc2c(c1)C(=O)OC(OC)(OC)c1cc(C)ccc1O2. The highest BCUT2D eigenvalue weighted by atomic mass is 16.9. The topological polar surface area (TPSA) is 74.2 Å². The summed E-state index contributed by atoms with van der Waals surface area (Å²) >= 11 is 0. The van der Waals surface area contributed by atoms with Crippen LogP contribution in [0.1, 0.15) is 46.5 Å². The molecular formula is C20H22O6. The Morgan fingerprint density at radius 1 is 1.12 bits per heavy atom. The molecule has 2 aromatic carbocycles. The van der Waals surface area contributed by atoms with E-state index in [4.69, 9.17) is 18.9 Å². The third-order valence-corrected chi connectivity index (χ3v) is 4.44. The van der Waals surface area contributed by atoms with Crippen LogP contribution in [0.25, 0.3) is 0 Å². The van der Waals surface area contributed by atoms with E-state index in [1.54, 1.807) is 30.3 Å². The number of rotatable bonds is 4. The molecule has 0 aliphatic carbocycles. The minimum atomic E-state index is -1.73. The van der Waals surface area contributed by atoms with Crippen LogP contribution in [-0.2, 0) is 20.2 Å². The van der Waals surface area contributed by atoms with Gasteiger partial charge in [0.05, 0.1) is 11.7 Å². The average molecular weight is 358 g/mol. The standard InChI is InChI=1S/C20H22O6/c1-5-16(21)13-7-9-17-14(11-13)19(22)26-20(23-3,24-4)15-10-12(2)6-8-18(15)25-17/h6-11,16,21H,5H2,1-4H3. The number of aryl methyl sites for hydroxylation is 1. The second kappa shape index (κ2) is 7.07. The Bertz CT molecular complexity index is 825. The summed E-state index contributed by atoms with van der Waals surface area (Å²) in [6, 6.07) is 10.4. The normalized spacial score (nSPS) is 16.4. The Morgan fingerprint density at radius 2 is 1.81 bits per heavy atom. The van der Waals surface area contributed by atoms with Gasteiger partial charge in [-0.3, -0.25) is 0 Å². The van der Waals surface area contributed by atoms with Crippen molar-refractivity contribution in [3.8, 4) is 11.5 Å². The smallest absolute Gasteiger partial charge is 0.361 e. The number of carbonyl (C=O) groups excluding carboxylic acids is 1. The van der Waals surface area contributed by atoms with Gasteiger partial charge >= 0.3 is 11.9 Å². The van der Waals surface area contributed by atoms with Gasteiger partial charge in [-0.25, -0.2) is 4.79 Å². The monoisotopic (exact) mass is 358 g/mol. The number of hydrogen-bond acceptors (Lipinski definition) is 6. The van der Waals surface area contributed by atoms with E-state index in [2.05, 4.69) is 0 Å². The Morgan fingerprint density at radius 3 is 2.46 bits per heavy atom. The Kier molecular flexibility index (Phi) is 5.00. The molecule has 138 valence electrons. The van der Waals surface area contributed by atoms with Crippen molar-refractivity contribution in [2.45, 2.75) is 32.3 Å². The van der Waals surface area contributed by atoms with E-state index in [1.807, 2.05) is 19.9 Å². The molecule has 1 unspecified atom stereocenters. The van der Waals surface area contributed by atoms with Gasteiger partial charge in [0.2, 0.25) is 0 Å². The maximum Gasteiger partial charge on any atom is 0.361 e. The molecule has 26 heavy (non-hydrogen) atoms. The van der Waals surface area contributed by atoms with Crippen LogP contribution in [0, 0.1) is 6.92 Å². The lowest BCUT2D eigenvalue weighted by Crippen LogP contribution is -2.38. The van der Waals surface area contributed by atoms with Gasteiger partial charge < -0.3 is 24.1 Å². The molecular weight excluding hydrogens is 336 g/mol. The number of ether oxygens (including phenoxy) is 4. The van der Waals surface area contributed by atoms with Gasteiger partial charge in [-0.2, -0.15) is 0 Å². The van der Waals surface area contributed by atoms with E-state index in [-0.39, 0.29) is 5.56 Å². The first-order valence-electron chi connectivity index (χ1n) is 8.38. The molecule has 1 aliphatic heterocycles. The van der Waals surface area contributed by atoms with Gasteiger partial charge in [-0.1, -0.05) is 24.6 Å². The van der Waals surface area contributed by atoms with Gasteiger partial charge in [0.1, 0.15) is 17.1 Å². The fourth-order valence-electron chi connectivity index (χ4n) is 2.95. The van der Waals surface area contributed by atoms with Crippen molar-refractivity contribution < 1.29 is 28.8 Å². The number of aliphatic hydroxyl groups is 1. The summed E-state index contributed by atoms with van der Waals surface area (Å²) in [7, 11) is 2.78. The van der Waals surface area contributed by atoms with Crippen LogP contribution >= 0.6 is 0 Å².